The van der Waals surface area contributed by atoms with Gasteiger partial charge < -0.3 is 23.8 Å². The maximum atomic E-state index is 14.7. The first-order valence-electron chi connectivity index (χ1n) is 14.7. The molecule has 1 saturated heterocycles. The first-order valence-corrected chi connectivity index (χ1v) is 14.7. The van der Waals surface area contributed by atoms with Gasteiger partial charge in [0.2, 0.25) is 0 Å². The second-order valence-electron chi connectivity index (χ2n) is 11.0. The Morgan fingerprint density at radius 2 is 1.67 bits per heavy atom. The summed E-state index contributed by atoms with van der Waals surface area (Å²) in [5, 5.41) is 0. The number of unbranched alkanes of at least 4 members (excludes halogenated alkanes) is 3. The van der Waals surface area contributed by atoms with Crippen LogP contribution in [0.3, 0.4) is 0 Å². The number of rotatable bonds is 12. The molecule has 0 N–H and O–H groups in total. The third-order valence-corrected chi connectivity index (χ3v) is 7.98. The van der Waals surface area contributed by atoms with Crippen molar-refractivity contribution in [2.24, 2.45) is 4.99 Å². The van der Waals surface area contributed by atoms with Gasteiger partial charge in [-0.2, -0.15) is 0 Å². The number of hydrogen-bond donors (Lipinski definition) is 0. The molecule has 0 spiro atoms. The van der Waals surface area contributed by atoms with Crippen LogP contribution in [0.5, 0.6) is 28.7 Å². The number of aliphatic imine (C=N–C) groups is 1. The molecule has 2 heterocycles. The monoisotopic (exact) mass is 574 g/mol. The van der Waals surface area contributed by atoms with E-state index in [0.29, 0.717) is 41.7 Å². The van der Waals surface area contributed by atoms with Crippen molar-refractivity contribution >= 4 is 17.8 Å². The van der Waals surface area contributed by atoms with Crippen LogP contribution < -0.4 is 18.9 Å². The molecule has 5 rings (SSSR count). The largest absolute Gasteiger partial charge is 0.496 e. The van der Waals surface area contributed by atoms with E-state index in [9.17, 15) is 9.18 Å². The molecule has 42 heavy (non-hydrogen) atoms. The average Bonchev–Trinajstić information content (AvgIpc) is 3.41. The zero-order valence-corrected chi connectivity index (χ0v) is 24.9. The molecule has 0 aromatic heterocycles. The molecule has 1 atom stereocenters. The van der Waals surface area contributed by atoms with E-state index in [1.54, 1.807) is 25.3 Å². The Hall–Kier alpha value is -4.07. The van der Waals surface area contributed by atoms with Gasteiger partial charge in [-0.05, 0) is 100 Å². The topological polar surface area (TPSA) is 69.6 Å². The zero-order valence-electron chi connectivity index (χ0n) is 24.9. The van der Waals surface area contributed by atoms with E-state index in [-0.39, 0.29) is 17.7 Å². The quantitative estimate of drug-likeness (QED) is 0.206. The lowest BCUT2D eigenvalue weighted by Crippen LogP contribution is -2.35. The highest BCUT2D eigenvalue weighted by Gasteiger charge is 2.32. The summed E-state index contributed by atoms with van der Waals surface area (Å²) >= 11 is 0. The molecule has 2 aliphatic rings. The van der Waals surface area contributed by atoms with Crippen molar-refractivity contribution in [1.29, 1.82) is 0 Å². The fourth-order valence-electron chi connectivity index (χ4n) is 5.41. The average molecular weight is 575 g/mol. The molecular weight excluding hydrogens is 535 g/mol. The van der Waals surface area contributed by atoms with Crippen LogP contribution in [0.15, 0.2) is 47.5 Å². The molecule has 8 heteroatoms. The van der Waals surface area contributed by atoms with E-state index in [2.05, 4.69) is 4.99 Å². The van der Waals surface area contributed by atoms with Gasteiger partial charge in [-0.25, -0.2) is 4.39 Å². The molecule has 0 saturated carbocycles. The van der Waals surface area contributed by atoms with Gasteiger partial charge in [0.05, 0.1) is 37.6 Å². The maximum absolute atomic E-state index is 14.7. The second-order valence-corrected chi connectivity index (χ2v) is 11.0. The van der Waals surface area contributed by atoms with Crippen LogP contribution >= 0.6 is 0 Å². The Morgan fingerprint density at radius 3 is 2.43 bits per heavy atom. The Kier molecular flexibility index (Phi) is 9.30. The third kappa shape index (κ3) is 6.69. The molecule has 2 aliphatic heterocycles. The van der Waals surface area contributed by atoms with Gasteiger partial charge in [-0.1, -0.05) is 0 Å². The van der Waals surface area contributed by atoms with Crippen molar-refractivity contribution in [3.8, 4) is 28.7 Å². The SMILES string of the molecule is COc1cc(Oc2ccc(OCCCCCCOc3cc4c(cc3C)C(=O)N3CCC[C@H]3C=N4)cc2F)cc(C)c1C. The molecular formula is C34H39FN2O5. The van der Waals surface area contributed by atoms with E-state index in [1.165, 1.54) is 6.07 Å². The smallest absolute Gasteiger partial charge is 0.256 e. The van der Waals surface area contributed by atoms with Crippen LogP contribution in [-0.2, 0) is 0 Å². The number of benzene rings is 3. The number of ether oxygens (including phenoxy) is 4. The van der Waals surface area contributed by atoms with Crippen molar-refractivity contribution in [1.82, 2.24) is 4.90 Å². The van der Waals surface area contributed by atoms with E-state index in [4.69, 9.17) is 18.9 Å². The summed E-state index contributed by atoms with van der Waals surface area (Å²) in [6, 6.07) is 12.2. The van der Waals surface area contributed by atoms with Gasteiger partial charge in [-0.3, -0.25) is 9.79 Å². The van der Waals surface area contributed by atoms with Gasteiger partial charge >= 0.3 is 0 Å². The number of aryl methyl sites for hydroxylation is 2. The fraction of sp³-hybridized carbons (Fsp3) is 0.412. The molecule has 0 aliphatic carbocycles. The fourth-order valence-corrected chi connectivity index (χ4v) is 5.41. The highest BCUT2D eigenvalue weighted by atomic mass is 19.1. The summed E-state index contributed by atoms with van der Waals surface area (Å²) in [7, 11) is 1.60. The predicted molar refractivity (Wildman–Crippen MR) is 162 cm³/mol. The number of amides is 1. The minimum atomic E-state index is -0.481. The predicted octanol–water partition coefficient (Wildman–Crippen LogP) is 7.89. The van der Waals surface area contributed by atoms with E-state index < -0.39 is 5.82 Å². The molecule has 3 aromatic rings. The summed E-state index contributed by atoms with van der Waals surface area (Å²) in [4.78, 5) is 19.5. The van der Waals surface area contributed by atoms with Crippen LogP contribution in [0, 0.1) is 26.6 Å². The molecule has 7 nitrogen and oxygen atoms in total. The molecule has 3 aromatic carbocycles. The van der Waals surface area contributed by atoms with Gasteiger partial charge in [0.15, 0.2) is 11.6 Å². The highest BCUT2D eigenvalue weighted by molar-refractivity contribution is 6.03. The molecule has 0 bridgehead atoms. The number of methoxy groups -OCH3 is 1. The van der Waals surface area contributed by atoms with Crippen LogP contribution in [-0.4, -0.2) is 49.9 Å². The maximum Gasteiger partial charge on any atom is 0.256 e. The molecule has 1 fully saturated rings. The summed E-state index contributed by atoms with van der Waals surface area (Å²) in [5.74, 6) is 2.19. The lowest BCUT2D eigenvalue weighted by molar-refractivity contribution is 0.0774. The van der Waals surface area contributed by atoms with Gasteiger partial charge in [0, 0.05) is 31.0 Å². The van der Waals surface area contributed by atoms with Crippen molar-refractivity contribution < 1.29 is 28.1 Å². The van der Waals surface area contributed by atoms with Crippen molar-refractivity contribution in [3.05, 3.63) is 70.5 Å². The van der Waals surface area contributed by atoms with Crippen molar-refractivity contribution in [2.75, 3.05) is 26.9 Å². The van der Waals surface area contributed by atoms with Crippen LogP contribution in [0.1, 0.15) is 65.6 Å². The van der Waals surface area contributed by atoms with Gasteiger partial charge in [-0.15, -0.1) is 0 Å². The van der Waals surface area contributed by atoms with Crippen molar-refractivity contribution in [2.45, 2.75) is 65.3 Å². The van der Waals surface area contributed by atoms with Gasteiger partial charge in [0.1, 0.15) is 23.0 Å². The van der Waals surface area contributed by atoms with E-state index in [0.717, 1.165) is 67.5 Å². The zero-order chi connectivity index (χ0) is 29.6. The van der Waals surface area contributed by atoms with Crippen molar-refractivity contribution in [3.63, 3.8) is 0 Å². The number of hydrogen-bond acceptors (Lipinski definition) is 6. The van der Waals surface area contributed by atoms with E-state index >= 15 is 0 Å². The standard InChI is InChI=1S/C34H39FN2O5/c1-22-16-27(19-33(39-4)24(22)3)42-31-12-11-26(18-29(31)35)40-14-7-5-6-8-15-41-32-20-30-28(17-23(32)2)34(38)37-13-9-10-25(37)21-36-30/h11-12,16-21,25H,5-10,13-15H2,1-4H3/t25-/m0/s1. The normalized spacial score (nSPS) is 15.7. The Bertz CT molecular complexity index is 1470. The second kappa shape index (κ2) is 13.3. The van der Waals surface area contributed by atoms with Crippen LogP contribution in [0.25, 0.3) is 0 Å². The Balaban J connectivity index is 1.02. The summed E-state index contributed by atoms with van der Waals surface area (Å²) in [6.45, 7) is 7.79. The molecule has 1 amide bonds. The lowest BCUT2D eigenvalue weighted by atomic mass is 10.1. The van der Waals surface area contributed by atoms with Gasteiger partial charge in [0.25, 0.3) is 5.91 Å². The van der Waals surface area contributed by atoms with E-state index in [1.807, 2.05) is 50.1 Å². The third-order valence-electron chi connectivity index (χ3n) is 7.98. The minimum Gasteiger partial charge on any atom is -0.496 e. The van der Waals surface area contributed by atoms with Crippen LogP contribution in [0.2, 0.25) is 0 Å². The number of nitrogens with zero attached hydrogens (tertiary/aromatic N) is 2. The first kappa shape index (κ1) is 29.4. The number of carbonyl (C=O) groups is 1. The number of carbonyl (C=O) groups excluding carboxylic acids is 1. The summed E-state index contributed by atoms with van der Waals surface area (Å²) < 4.78 is 37.7. The highest BCUT2D eigenvalue weighted by Crippen LogP contribution is 2.35. The minimum absolute atomic E-state index is 0.0623. The first-order chi connectivity index (χ1) is 20.3. The molecule has 0 unspecified atom stereocenters. The number of halogens is 1. The molecule has 0 radical (unpaired) electrons. The lowest BCUT2D eigenvalue weighted by Gasteiger charge is -2.20. The van der Waals surface area contributed by atoms with Crippen LogP contribution in [0.4, 0.5) is 10.1 Å². The number of fused-ring (bicyclic) bond motifs is 2. The Morgan fingerprint density at radius 1 is 0.881 bits per heavy atom. The summed E-state index contributed by atoms with van der Waals surface area (Å²) in [5.41, 5.74) is 4.32. The molecule has 222 valence electrons. The Labute approximate surface area is 247 Å². The summed E-state index contributed by atoms with van der Waals surface area (Å²) in [6.07, 6.45) is 7.61.